The van der Waals surface area contributed by atoms with E-state index < -0.39 is 0 Å². The minimum absolute atomic E-state index is 0.776. The van der Waals surface area contributed by atoms with Gasteiger partial charge in [0.1, 0.15) is 11.6 Å². The molecule has 18 heavy (non-hydrogen) atoms. The Morgan fingerprint density at radius 1 is 1.33 bits per heavy atom. The molecule has 0 aromatic carbocycles. The summed E-state index contributed by atoms with van der Waals surface area (Å²) >= 11 is 1.92. The van der Waals surface area contributed by atoms with Crippen LogP contribution in [-0.2, 0) is 5.75 Å². The Morgan fingerprint density at radius 2 is 2.11 bits per heavy atom. The van der Waals surface area contributed by atoms with Gasteiger partial charge in [-0.2, -0.15) is 11.8 Å². The number of nitrogens with zero attached hydrogens (tertiary/aromatic N) is 2. The quantitative estimate of drug-likeness (QED) is 0.725. The SMILES string of the molecule is CCCNc1cc(C)nc(CSCCC(C)C)n1. The highest BCUT2D eigenvalue weighted by Gasteiger charge is 2.03. The van der Waals surface area contributed by atoms with Crippen molar-refractivity contribution in [1.82, 2.24) is 9.97 Å². The molecule has 1 rings (SSSR count). The van der Waals surface area contributed by atoms with Crippen molar-refractivity contribution in [2.45, 2.75) is 46.3 Å². The number of aryl methyl sites for hydroxylation is 1. The highest BCUT2D eigenvalue weighted by atomic mass is 32.2. The van der Waals surface area contributed by atoms with Gasteiger partial charge < -0.3 is 5.32 Å². The minimum Gasteiger partial charge on any atom is -0.370 e. The van der Waals surface area contributed by atoms with E-state index in [1.54, 1.807) is 0 Å². The van der Waals surface area contributed by atoms with Gasteiger partial charge in [0.15, 0.2) is 0 Å². The maximum Gasteiger partial charge on any atom is 0.140 e. The molecule has 0 unspecified atom stereocenters. The van der Waals surface area contributed by atoms with Crippen molar-refractivity contribution in [3.8, 4) is 0 Å². The van der Waals surface area contributed by atoms with Crippen LogP contribution in [-0.4, -0.2) is 22.3 Å². The second-order valence-electron chi connectivity index (χ2n) is 4.97. The summed E-state index contributed by atoms with van der Waals surface area (Å²) in [6.45, 7) is 9.67. The van der Waals surface area contributed by atoms with E-state index in [1.165, 1.54) is 12.2 Å². The average Bonchev–Trinajstić information content (AvgIpc) is 2.31. The lowest BCUT2D eigenvalue weighted by Gasteiger charge is -2.08. The number of thioether (sulfide) groups is 1. The molecule has 0 saturated heterocycles. The molecule has 1 aromatic heterocycles. The highest BCUT2D eigenvalue weighted by molar-refractivity contribution is 7.98. The van der Waals surface area contributed by atoms with Crippen molar-refractivity contribution in [3.63, 3.8) is 0 Å². The maximum atomic E-state index is 4.54. The molecule has 0 radical (unpaired) electrons. The molecule has 0 atom stereocenters. The summed E-state index contributed by atoms with van der Waals surface area (Å²) in [7, 11) is 0. The Balaban J connectivity index is 2.46. The number of hydrogen-bond acceptors (Lipinski definition) is 4. The predicted octanol–water partition coefficient (Wildman–Crippen LogP) is 3.89. The molecule has 3 nitrogen and oxygen atoms in total. The predicted molar refractivity (Wildman–Crippen MR) is 81.2 cm³/mol. The summed E-state index contributed by atoms with van der Waals surface area (Å²) in [6.07, 6.45) is 2.37. The molecule has 0 saturated carbocycles. The van der Waals surface area contributed by atoms with Crippen molar-refractivity contribution >= 4 is 17.6 Å². The van der Waals surface area contributed by atoms with Gasteiger partial charge in [-0.05, 0) is 31.4 Å². The fourth-order valence-electron chi connectivity index (χ4n) is 1.52. The van der Waals surface area contributed by atoms with Crippen LogP contribution in [0.3, 0.4) is 0 Å². The van der Waals surface area contributed by atoms with Crippen LogP contribution in [0, 0.1) is 12.8 Å². The van der Waals surface area contributed by atoms with E-state index in [1.807, 2.05) is 24.8 Å². The Labute approximate surface area is 115 Å². The molecule has 0 spiro atoms. The largest absolute Gasteiger partial charge is 0.370 e. The van der Waals surface area contributed by atoms with Crippen LogP contribution in [0.25, 0.3) is 0 Å². The van der Waals surface area contributed by atoms with Crippen LogP contribution in [0.5, 0.6) is 0 Å². The van der Waals surface area contributed by atoms with Crippen molar-refractivity contribution < 1.29 is 0 Å². The fraction of sp³-hybridized carbons (Fsp3) is 0.714. The summed E-state index contributed by atoms with van der Waals surface area (Å²) in [5.41, 5.74) is 1.04. The smallest absolute Gasteiger partial charge is 0.140 e. The van der Waals surface area contributed by atoms with E-state index in [4.69, 9.17) is 0 Å². The van der Waals surface area contributed by atoms with Crippen molar-refractivity contribution in [2.24, 2.45) is 5.92 Å². The standard InChI is InChI=1S/C14H25N3S/c1-5-7-15-13-9-12(4)16-14(17-13)10-18-8-6-11(2)3/h9,11H,5-8,10H2,1-4H3,(H,15,16,17). The van der Waals surface area contributed by atoms with E-state index in [0.29, 0.717) is 0 Å². The van der Waals surface area contributed by atoms with Gasteiger partial charge in [0, 0.05) is 18.3 Å². The van der Waals surface area contributed by atoms with Crippen molar-refractivity contribution in [1.29, 1.82) is 0 Å². The first-order chi connectivity index (χ1) is 8.61. The van der Waals surface area contributed by atoms with E-state index in [9.17, 15) is 0 Å². The molecule has 1 aromatic rings. The molecule has 0 aliphatic carbocycles. The molecular weight excluding hydrogens is 242 g/mol. The Bertz CT molecular complexity index is 353. The third-order valence-corrected chi connectivity index (χ3v) is 3.51. The van der Waals surface area contributed by atoms with E-state index in [0.717, 1.165) is 42.0 Å². The molecule has 0 bridgehead atoms. The van der Waals surface area contributed by atoms with Crippen LogP contribution in [0.2, 0.25) is 0 Å². The van der Waals surface area contributed by atoms with Gasteiger partial charge >= 0.3 is 0 Å². The van der Waals surface area contributed by atoms with Gasteiger partial charge in [0.05, 0.1) is 5.75 Å². The molecule has 1 heterocycles. The van der Waals surface area contributed by atoms with E-state index in [-0.39, 0.29) is 0 Å². The number of nitrogens with one attached hydrogen (secondary N) is 1. The average molecular weight is 267 g/mol. The van der Waals surface area contributed by atoms with E-state index >= 15 is 0 Å². The minimum atomic E-state index is 0.776. The molecule has 1 N–H and O–H groups in total. The Hall–Kier alpha value is -0.770. The van der Waals surface area contributed by atoms with Crippen LogP contribution in [0.1, 0.15) is 45.1 Å². The van der Waals surface area contributed by atoms with Crippen molar-refractivity contribution in [3.05, 3.63) is 17.6 Å². The molecule has 0 aliphatic rings. The van der Waals surface area contributed by atoms with Gasteiger partial charge in [-0.1, -0.05) is 20.8 Å². The lowest BCUT2D eigenvalue weighted by Crippen LogP contribution is -2.05. The summed E-state index contributed by atoms with van der Waals surface area (Å²) in [5, 5.41) is 3.32. The maximum absolute atomic E-state index is 4.54. The molecule has 0 amide bonds. The lowest BCUT2D eigenvalue weighted by molar-refractivity contribution is 0.632. The number of anilines is 1. The van der Waals surface area contributed by atoms with Gasteiger partial charge in [0.2, 0.25) is 0 Å². The molecule has 0 fully saturated rings. The summed E-state index contributed by atoms with van der Waals surface area (Å²) in [5.74, 6) is 4.78. The zero-order valence-corrected chi connectivity index (χ0v) is 12.8. The van der Waals surface area contributed by atoms with Crippen LogP contribution < -0.4 is 5.32 Å². The molecular formula is C14H25N3S. The second kappa shape index (κ2) is 8.35. The highest BCUT2D eigenvalue weighted by Crippen LogP contribution is 2.15. The van der Waals surface area contributed by atoms with Gasteiger partial charge in [-0.3, -0.25) is 0 Å². The Morgan fingerprint density at radius 3 is 2.78 bits per heavy atom. The third kappa shape index (κ3) is 6.24. The van der Waals surface area contributed by atoms with Crippen LogP contribution in [0.4, 0.5) is 5.82 Å². The first kappa shape index (κ1) is 15.3. The van der Waals surface area contributed by atoms with Gasteiger partial charge in [0.25, 0.3) is 0 Å². The van der Waals surface area contributed by atoms with Gasteiger partial charge in [-0.15, -0.1) is 0 Å². The van der Waals surface area contributed by atoms with Gasteiger partial charge in [-0.25, -0.2) is 9.97 Å². The summed E-state index contributed by atoms with van der Waals surface area (Å²) < 4.78 is 0. The summed E-state index contributed by atoms with van der Waals surface area (Å²) in [6, 6.07) is 2.01. The number of hydrogen-bond donors (Lipinski definition) is 1. The zero-order valence-electron chi connectivity index (χ0n) is 12.0. The summed E-state index contributed by atoms with van der Waals surface area (Å²) in [4.78, 5) is 9.03. The third-order valence-electron chi connectivity index (χ3n) is 2.53. The number of aromatic nitrogens is 2. The molecule has 0 aliphatic heterocycles. The molecule has 102 valence electrons. The zero-order chi connectivity index (χ0) is 13.4. The second-order valence-corrected chi connectivity index (χ2v) is 6.08. The van der Waals surface area contributed by atoms with Crippen LogP contribution >= 0.6 is 11.8 Å². The fourth-order valence-corrected chi connectivity index (χ4v) is 2.61. The first-order valence-electron chi connectivity index (χ1n) is 6.78. The monoisotopic (exact) mass is 267 g/mol. The number of rotatable bonds is 8. The molecule has 4 heteroatoms. The normalized spacial score (nSPS) is 10.9. The first-order valence-corrected chi connectivity index (χ1v) is 7.93. The van der Waals surface area contributed by atoms with Crippen molar-refractivity contribution in [2.75, 3.05) is 17.6 Å². The lowest BCUT2D eigenvalue weighted by atomic mass is 10.2. The van der Waals surface area contributed by atoms with E-state index in [2.05, 4.69) is 36.1 Å². The topological polar surface area (TPSA) is 37.8 Å². The Kier molecular flexibility index (Phi) is 7.09. The van der Waals surface area contributed by atoms with Crippen LogP contribution in [0.15, 0.2) is 6.07 Å².